The largest absolute Gasteiger partial charge is 0.481 e. The van der Waals surface area contributed by atoms with E-state index >= 15 is 0 Å². The minimum absolute atomic E-state index is 0.0179. The molecule has 0 aromatic rings. The van der Waals surface area contributed by atoms with E-state index in [0.29, 0.717) is 12.8 Å². The number of ether oxygens (including phenoxy) is 4. The molecule has 14 unspecified atom stereocenters. The molecule has 2 aliphatic rings. The number of carboxylic acid groups (broad SMARTS) is 1. The molecule has 14 atom stereocenters. The molecule has 0 bridgehead atoms. The highest BCUT2D eigenvalue weighted by molar-refractivity contribution is 5.67. The molecule has 2 aliphatic heterocycles. The Hall–Kier alpha value is -2.37. The summed E-state index contributed by atoms with van der Waals surface area (Å²) in [5, 5.41) is 43.4. The minimum Gasteiger partial charge on any atom is -0.481 e. The fourth-order valence-corrected chi connectivity index (χ4v) is 7.73. The number of carboxylic acids is 1. The molecule has 4 N–H and O–H groups in total. The van der Waals surface area contributed by atoms with Gasteiger partial charge in [0.05, 0.1) is 43.0 Å². The van der Waals surface area contributed by atoms with E-state index < -0.39 is 42.3 Å². The van der Waals surface area contributed by atoms with Gasteiger partial charge in [0.1, 0.15) is 6.10 Å². The number of methoxy groups -OCH3 is 2. The topological polar surface area (TPSA) is 135 Å². The smallest absolute Gasteiger partial charge is 0.306 e. The van der Waals surface area contributed by atoms with Gasteiger partial charge in [0, 0.05) is 44.3 Å². The van der Waals surface area contributed by atoms with E-state index in [9.17, 15) is 20.1 Å². The normalized spacial score (nSPS) is 32.3. The third kappa shape index (κ3) is 13.2. The molecule has 51 heavy (non-hydrogen) atoms. The van der Waals surface area contributed by atoms with Crippen molar-refractivity contribution in [3.8, 4) is 0 Å². The van der Waals surface area contributed by atoms with E-state index in [0.717, 1.165) is 12.8 Å². The Balaban J connectivity index is 2.10. The van der Waals surface area contributed by atoms with Crippen LogP contribution in [0.3, 0.4) is 0 Å². The number of aliphatic carboxylic acids is 1. The van der Waals surface area contributed by atoms with Crippen molar-refractivity contribution in [2.24, 2.45) is 35.5 Å². The van der Waals surface area contributed by atoms with Crippen LogP contribution in [0.5, 0.6) is 0 Å². The highest BCUT2D eigenvalue weighted by Crippen LogP contribution is 2.47. The Morgan fingerprint density at radius 1 is 0.863 bits per heavy atom. The zero-order valence-corrected chi connectivity index (χ0v) is 32.7. The molecular weight excluding hydrogens is 648 g/mol. The van der Waals surface area contributed by atoms with Crippen LogP contribution in [0.15, 0.2) is 72.4 Å². The third-order valence-corrected chi connectivity index (χ3v) is 10.9. The van der Waals surface area contributed by atoms with Gasteiger partial charge >= 0.3 is 5.97 Å². The van der Waals surface area contributed by atoms with Crippen molar-refractivity contribution < 1.29 is 44.2 Å². The quantitative estimate of drug-likeness (QED) is 0.0809. The van der Waals surface area contributed by atoms with Gasteiger partial charge in [-0.25, -0.2) is 0 Å². The molecule has 290 valence electrons. The number of aliphatic hydroxyl groups is 3. The van der Waals surface area contributed by atoms with E-state index in [1.165, 1.54) is 12.7 Å². The third-order valence-electron chi connectivity index (χ3n) is 10.9. The molecule has 2 fully saturated rings. The standard InChI is InChI=1S/C42H68O9/c1-11-20-27(2)23-29(4)39(47)33(8)41-31(6)35(49-10)26-42(51-41)36(43)24-30(5)40(50-42)32(7)38(46)28(3)21-18-16-14-12-13-15-17-19-22-34(48-9)25-37(44)45/h12-22,28-36,38-41,43,46-47H,11,23-26H2,1-10H3,(H,44,45). The van der Waals surface area contributed by atoms with Gasteiger partial charge in [-0.05, 0) is 38.0 Å². The summed E-state index contributed by atoms with van der Waals surface area (Å²) in [6.45, 7) is 16.4. The van der Waals surface area contributed by atoms with Gasteiger partial charge in [-0.2, -0.15) is 0 Å². The molecule has 9 nitrogen and oxygen atoms in total. The Morgan fingerprint density at radius 3 is 1.96 bits per heavy atom. The first kappa shape index (κ1) is 44.8. The zero-order valence-electron chi connectivity index (χ0n) is 32.7. The van der Waals surface area contributed by atoms with Gasteiger partial charge in [0.25, 0.3) is 0 Å². The molecule has 0 saturated carbocycles. The fourth-order valence-electron chi connectivity index (χ4n) is 7.73. The summed E-state index contributed by atoms with van der Waals surface area (Å²) < 4.78 is 24.7. The molecule has 0 amide bonds. The van der Waals surface area contributed by atoms with E-state index in [1.807, 2.05) is 70.2 Å². The summed E-state index contributed by atoms with van der Waals surface area (Å²) in [6, 6.07) is 0. The van der Waals surface area contributed by atoms with Crippen LogP contribution in [-0.4, -0.2) is 89.1 Å². The maximum atomic E-state index is 11.5. The molecule has 2 saturated heterocycles. The SMILES string of the molecule is CCC=C(C)CC(C)C(O)C(C)C1OC2(CC(OC)C1C)OC(C(C)C(O)C(C)C=CC=CC=CC=CC=CC(CC(=O)O)OC)C(C)CC2O. The Labute approximate surface area is 307 Å². The second-order valence-corrected chi connectivity index (χ2v) is 15.0. The second kappa shape index (κ2) is 22.0. The van der Waals surface area contributed by atoms with Gasteiger partial charge in [0.2, 0.25) is 0 Å². The zero-order chi connectivity index (χ0) is 38.3. The number of hydrogen-bond donors (Lipinski definition) is 4. The van der Waals surface area contributed by atoms with Crippen LogP contribution >= 0.6 is 0 Å². The summed E-state index contributed by atoms with van der Waals surface area (Å²) in [5.41, 5.74) is 1.26. The van der Waals surface area contributed by atoms with Crippen molar-refractivity contribution in [2.45, 2.75) is 136 Å². The summed E-state index contributed by atoms with van der Waals surface area (Å²) in [4.78, 5) is 10.8. The molecule has 0 radical (unpaired) electrons. The van der Waals surface area contributed by atoms with E-state index in [1.54, 1.807) is 25.3 Å². The number of hydrogen-bond acceptors (Lipinski definition) is 8. The highest BCUT2D eigenvalue weighted by Gasteiger charge is 2.57. The van der Waals surface area contributed by atoms with Crippen LogP contribution in [-0.2, 0) is 23.7 Å². The van der Waals surface area contributed by atoms with Crippen LogP contribution in [0.25, 0.3) is 0 Å². The van der Waals surface area contributed by atoms with Gasteiger partial charge in [-0.1, -0.05) is 121 Å². The maximum absolute atomic E-state index is 11.5. The summed E-state index contributed by atoms with van der Waals surface area (Å²) in [7, 11) is 3.16. The average molecular weight is 717 g/mol. The Kier molecular flexibility index (Phi) is 19.3. The fraction of sp³-hybridized carbons (Fsp3) is 0.690. The highest BCUT2D eigenvalue weighted by atomic mass is 16.7. The molecular formula is C42H68O9. The number of rotatable bonds is 19. The van der Waals surface area contributed by atoms with Gasteiger partial charge < -0.3 is 39.4 Å². The van der Waals surface area contributed by atoms with Gasteiger partial charge in [-0.3, -0.25) is 4.79 Å². The monoisotopic (exact) mass is 716 g/mol. The lowest BCUT2D eigenvalue weighted by molar-refractivity contribution is -0.391. The number of aliphatic hydroxyl groups excluding tert-OH is 3. The lowest BCUT2D eigenvalue weighted by atomic mass is 9.74. The van der Waals surface area contributed by atoms with Crippen molar-refractivity contribution >= 4 is 5.97 Å². The lowest BCUT2D eigenvalue weighted by Gasteiger charge is -2.56. The predicted octanol–water partition coefficient (Wildman–Crippen LogP) is 7.19. The summed E-state index contributed by atoms with van der Waals surface area (Å²) in [5.74, 6) is -2.87. The van der Waals surface area contributed by atoms with E-state index in [2.05, 4.69) is 33.8 Å². The van der Waals surface area contributed by atoms with Crippen molar-refractivity contribution in [3.63, 3.8) is 0 Å². The van der Waals surface area contributed by atoms with Gasteiger partial charge in [0.15, 0.2) is 5.79 Å². The number of carbonyl (C=O) groups is 1. The maximum Gasteiger partial charge on any atom is 0.306 e. The van der Waals surface area contributed by atoms with Gasteiger partial charge in [-0.15, -0.1) is 0 Å². The van der Waals surface area contributed by atoms with Crippen LogP contribution in [0.2, 0.25) is 0 Å². The first-order valence-corrected chi connectivity index (χ1v) is 18.8. The molecule has 2 heterocycles. The van der Waals surface area contributed by atoms with Crippen LogP contribution in [0.1, 0.15) is 87.5 Å². The lowest BCUT2D eigenvalue weighted by Crippen LogP contribution is -2.65. The molecule has 2 rings (SSSR count). The molecule has 1 spiro atoms. The Bertz CT molecular complexity index is 1220. The van der Waals surface area contributed by atoms with Crippen LogP contribution < -0.4 is 0 Å². The van der Waals surface area contributed by atoms with Crippen molar-refractivity contribution in [1.82, 2.24) is 0 Å². The molecule has 9 heteroatoms. The predicted molar refractivity (Wildman–Crippen MR) is 203 cm³/mol. The molecule has 0 aliphatic carbocycles. The van der Waals surface area contributed by atoms with Crippen LogP contribution in [0, 0.1) is 35.5 Å². The van der Waals surface area contributed by atoms with Crippen molar-refractivity contribution in [3.05, 3.63) is 72.4 Å². The number of allylic oxidation sites excluding steroid dienone is 10. The minimum atomic E-state index is -1.30. The van der Waals surface area contributed by atoms with Crippen molar-refractivity contribution in [2.75, 3.05) is 14.2 Å². The second-order valence-electron chi connectivity index (χ2n) is 15.0. The summed E-state index contributed by atoms with van der Waals surface area (Å²) in [6.07, 6.45) is 19.5. The average Bonchev–Trinajstić information content (AvgIpc) is 3.09. The molecule has 0 aromatic heterocycles. The van der Waals surface area contributed by atoms with Crippen molar-refractivity contribution in [1.29, 1.82) is 0 Å². The first-order chi connectivity index (χ1) is 24.1. The van der Waals surface area contributed by atoms with E-state index in [4.69, 9.17) is 24.1 Å². The van der Waals surface area contributed by atoms with Crippen LogP contribution in [0.4, 0.5) is 0 Å². The summed E-state index contributed by atoms with van der Waals surface area (Å²) >= 11 is 0. The molecule has 0 aromatic carbocycles. The Morgan fingerprint density at radius 2 is 1.41 bits per heavy atom. The first-order valence-electron chi connectivity index (χ1n) is 18.8. The van der Waals surface area contributed by atoms with E-state index in [-0.39, 0.29) is 54.1 Å².